The molecule has 2 atom stereocenters. The van der Waals surface area contributed by atoms with E-state index in [1.807, 2.05) is 25.7 Å². The Balaban J connectivity index is 2.01. The molecule has 4 nitrogen and oxygen atoms in total. The molecule has 96 valence electrons. The molecule has 1 aromatic rings. The van der Waals surface area contributed by atoms with Crippen LogP contribution in [0.5, 0.6) is 0 Å². The van der Waals surface area contributed by atoms with Crippen LogP contribution >= 0.6 is 0 Å². The standard InChI is InChI=1S/C13H23N3O/c1-10-7-12(16(3)15-10)8-13(14-2)11-5-4-6-17-9-11/h7,11,13-14H,4-6,8-9H2,1-3H3. The van der Waals surface area contributed by atoms with Crippen molar-refractivity contribution in [2.45, 2.75) is 32.2 Å². The highest BCUT2D eigenvalue weighted by molar-refractivity contribution is 5.10. The second-order valence-electron chi connectivity index (χ2n) is 4.98. The van der Waals surface area contributed by atoms with Crippen molar-refractivity contribution in [3.63, 3.8) is 0 Å². The van der Waals surface area contributed by atoms with Crippen molar-refractivity contribution < 1.29 is 4.74 Å². The fourth-order valence-electron chi connectivity index (χ4n) is 2.67. The number of aryl methyl sites for hydroxylation is 2. The quantitative estimate of drug-likeness (QED) is 0.857. The van der Waals surface area contributed by atoms with E-state index in [9.17, 15) is 0 Å². The van der Waals surface area contributed by atoms with Gasteiger partial charge in [-0.05, 0) is 38.8 Å². The fourth-order valence-corrected chi connectivity index (χ4v) is 2.67. The number of nitrogens with one attached hydrogen (secondary N) is 1. The zero-order valence-corrected chi connectivity index (χ0v) is 11.1. The zero-order chi connectivity index (χ0) is 12.3. The third kappa shape index (κ3) is 3.07. The van der Waals surface area contributed by atoms with Gasteiger partial charge in [0.1, 0.15) is 0 Å². The molecule has 0 saturated carbocycles. The Morgan fingerprint density at radius 1 is 1.65 bits per heavy atom. The van der Waals surface area contributed by atoms with Crippen LogP contribution in [0.3, 0.4) is 0 Å². The number of aromatic nitrogens is 2. The summed E-state index contributed by atoms with van der Waals surface area (Å²) in [6.45, 7) is 3.86. The number of likely N-dealkylation sites (N-methyl/N-ethyl adjacent to an activating group) is 1. The number of rotatable bonds is 4. The summed E-state index contributed by atoms with van der Waals surface area (Å²) >= 11 is 0. The zero-order valence-electron chi connectivity index (χ0n) is 11.1. The Bertz CT molecular complexity index is 356. The molecular weight excluding hydrogens is 214 g/mol. The highest BCUT2D eigenvalue weighted by atomic mass is 16.5. The predicted molar refractivity (Wildman–Crippen MR) is 68.0 cm³/mol. The summed E-state index contributed by atoms with van der Waals surface area (Å²) in [5, 5.41) is 7.84. The van der Waals surface area contributed by atoms with Crippen molar-refractivity contribution in [2.24, 2.45) is 13.0 Å². The van der Waals surface area contributed by atoms with Gasteiger partial charge in [-0.25, -0.2) is 0 Å². The first-order valence-corrected chi connectivity index (χ1v) is 6.45. The minimum absolute atomic E-state index is 0.491. The summed E-state index contributed by atoms with van der Waals surface area (Å²) < 4.78 is 7.57. The molecule has 4 heteroatoms. The molecule has 2 rings (SSSR count). The molecule has 0 radical (unpaired) electrons. The molecule has 0 amide bonds. The van der Waals surface area contributed by atoms with E-state index in [-0.39, 0.29) is 0 Å². The van der Waals surface area contributed by atoms with Crippen molar-refractivity contribution in [3.05, 3.63) is 17.5 Å². The summed E-state index contributed by atoms with van der Waals surface area (Å²) in [4.78, 5) is 0. The van der Waals surface area contributed by atoms with Gasteiger partial charge in [0.25, 0.3) is 0 Å². The first kappa shape index (κ1) is 12.6. The topological polar surface area (TPSA) is 39.1 Å². The van der Waals surface area contributed by atoms with Gasteiger partial charge >= 0.3 is 0 Å². The van der Waals surface area contributed by atoms with E-state index in [4.69, 9.17) is 4.74 Å². The maximum atomic E-state index is 5.58. The van der Waals surface area contributed by atoms with E-state index in [1.165, 1.54) is 18.5 Å². The minimum atomic E-state index is 0.491. The van der Waals surface area contributed by atoms with Crippen LogP contribution in [0.2, 0.25) is 0 Å². The lowest BCUT2D eigenvalue weighted by Crippen LogP contribution is -2.40. The lowest BCUT2D eigenvalue weighted by atomic mass is 9.90. The van der Waals surface area contributed by atoms with Crippen molar-refractivity contribution in [1.82, 2.24) is 15.1 Å². The Labute approximate surface area is 103 Å². The van der Waals surface area contributed by atoms with Gasteiger partial charge in [0.2, 0.25) is 0 Å². The summed E-state index contributed by atoms with van der Waals surface area (Å²) in [5.41, 5.74) is 2.39. The van der Waals surface area contributed by atoms with E-state index in [0.29, 0.717) is 12.0 Å². The molecule has 2 heterocycles. The molecule has 0 bridgehead atoms. The van der Waals surface area contributed by atoms with Crippen LogP contribution in [0.25, 0.3) is 0 Å². The lowest BCUT2D eigenvalue weighted by molar-refractivity contribution is 0.0402. The highest BCUT2D eigenvalue weighted by Gasteiger charge is 2.24. The highest BCUT2D eigenvalue weighted by Crippen LogP contribution is 2.20. The van der Waals surface area contributed by atoms with Crippen LogP contribution in [0, 0.1) is 12.8 Å². The maximum absolute atomic E-state index is 5.58. The molecule has 0 aromatic carbocycles. The van der Waals surface area contributed by atoms with Crippen LogP contribution < -0.4 is 5.32 Å². The predicted octanol–water partition coefficient (Wildman–Crippen LogP) is 1.29. The second kappa shape index (κ2) is 5.65. The summed E-state index contributed by atoms with van der Waals surface area (Å²) in [7, 11) is 4.06. The van der Waals surface area contributed by atoms with E-state index in [2.05, 4.69) is 16.5 Å². The van der Waals surface area contributed by atoms with Crippen molar-refractivity contribution in [1.29, 1.82) is 0 Å². The smallest absolute Gasteiger partial charge is 0.0596 e. The Morgan fingerprint density at radius 2 is 2.47 bits per heavy atom. The van der Waals surface area contributed by atoms with Crippen LogP contribution in [-0.2, 0) is 18.2 Å². The van der Waals surface area contributed by atoms with Crippen molar-refractivity contribution in [3.8, 4) is 0 Å². The monoisotopic (exact) mass is 237 g/mol. The second-order valence-corrected chi connectivity index (χ2v) is 4.98. The molecule has 2 unspecified atom stereocenters. The maximum Gasteiger partial charge on any atom is 0.0596 e. The SMILES string of the molecule is CNC(Cc1cc(C)nn1C)C1CCCOC1. The molecule has 17 heavy (non-hydrogen) atoms. The largest absolute Gasteiger partial charge is 0.381 e. The average molecular weight is 237 g/mol. The van der Waals surface area contributed by atoms with Gasteiger partial charge in [0.15, 0.2) is 0 Å². The number of hydrogen-bond donors (Lipinski definition) is 1. The first-order chi connectivity index (χ1) is 8.20. The number of hydrogen-bond acceptors (Lipinski definition) is 3. The Kier molecular flexibility index (Phi) is 4.18. The van der Waals surface area contributed by atoms with Gasteiger partial charge in [0, 0.05) is 31.8 Å². The van der Waals surface area contributed by atoms with Gasteiger partial charge in [0.05, 0.1) is 12.3 Å². The van der Waals surface area contributed by atoms with Gasteiger partial charge < -0.3 is 10.1 Å². The fraction of sp³-hybridized carbons (Fsp3) is 0.769. The van der Waals surface area contributed by atoms with Crippen LogP contribution in [0.4, 0.5) is 0 Å². The summed E-state index contributed by atoms with van der Waals surface area (Å²) in [5.74, 6) is 0.629. The van der Waals surface area contributed by atoms with E-state index >= 15 is 0 Å². The van der Waals surface area contributed by atoms with Crippen molar-refractivity contribution in [2.75, 3.05) is 20.3 Å². The van der Waals surface area contributed by atoms with Crippen molar-refractivity contribution >= 4 is 0 Å². The van der Waals surface area contributed by atoms with E-state index in [1.54, 1.807) is 0 Å². The molecular formula is C13H23N3O. The molecule has 0 aliphatic carbocycles. The van der Waals surface area contributed by atoms with E-state index < -0.39 is 0 Å². The summed E-state index contributed by atoms with van der Waals surface area (Å²) in [6, 6.07) is 2.67. The van der Waals surface area contributed by atoms with E-state index in [0.717, 1.165) is 25.3 Å². The lowest BCUT2D eigenvalue weighted by Gasteiger charge is -2.30. The van der Waals surface area contributed by atoms with Gasteiger partial charge in [-0.15, -0.1) is 0 Å². The molecule has 1 fully saturated rings. The Hall–Kier alpha value is -0.870. The van der Waals surface area contributed by atoms with Crippen LogP contribution in [-0.4, -0.2) is 36.1 Å². The number of nitrogens with zero attached hydrogens (tertiary/aromatic N) is 2. The molecule has 1 aliphatic heterocycles. The molecule has 1 aliphatic rings. The van der Waals surface area contributed by atoms with Gasteiger partial charge in [-0.3, -0.25) is 4.68 Å². The third-order valence-electron chi connectivity index (χ3n) is 3.66. The normalized spacial score (nSPS) is 22.6. The van der Waals surface area contributed by atoms with Gasteiger partial charge in [-0.1, -0.05) is 0 Å². The molecule has 1 aromatic heterocycles. The first-order valence-electron chi connectivity index (χ1n) is 6.45. The number of ether oxygens (including phenoxy) is 1. The van der Waals surface area contributed by atoms with Crippen LogP contribution in [0.15, 0.2) is 6.07 Å². The average Bonchev–Trinajstić information content (AvgIpc) is 2.66. The summed E-state index contributed by atoms with van der Waals surface area (Å²) in [6.07, 6.45) is 3.48. The van der Waals surface area contributed by atoms with Gasteiger partial charge in [-0.2, -0.15) is 5.10 Å². The molecule has 1 N–H and O–H groups in total. The molecule has 1 saturated heterocycles. The Morgan fingerprint density at radius 3 is 3.00 bits per heavy atom. The minimum Gasteiger partial charge on any atom is -0.381 e. The van der Waals surface area contributed by atoms with Crippen LogP contribution in [0.1, 0.15) is 24.2 Å². The third-order valence-corrected chi connectivity index (χ3v) is 3.66. The molecule has 0 spiro atoms.